The van der Waals surface area contributed by atoms with E-state index < -0.39 is 12.0 Å². The molecule has 1 atom stereocenters. The van der Waals surface area contributed by atoms with Crippen molar-refractivity contribution in [3.8, 4) is 0 Å². The first-order chi connectivity index (χ1) is 7.99. The lowest BCUT2D eigenvalue weighted by atomic mass is 9.94. The van der Waals surface area contributed by atoms with Crippen LogP contribution in [0.4, 0.5) is 0 Å². The van der Waals surface area contributed by atoms with Crippen molar-refractivity contribution >= 4 is 11.7 Å². The third-order valence-corrected chi connectivity index (χ3v) is 3.02. The fourth-order valence-corrected chi connectivity index (χ4v) is 2.38. The number of carbonyl (C=O) groups is 1. The lowest BCUT2D eigenvalue weighted by molar-refractivity contribution is -0.139. The molecule has 0 saturated heterocycles. The van der Waals surface area contributed by atoms with Crippen LogP contribution in [0.5, 0.6) is 0 Å². The van der Waals surface area contributed by atoms with Gasteiger partial charge in [0.15, 0.2) is 0 Å². The highest BCUT2D eigenvalue weighted by Gasteiger charge is 2.26. The first-order valence-corrected chi connectivity index (χ1v) is 5.62. The number of carboxylic acids is 1. The average Bonchev–Trinajstić information content (AvgIpc) is 2.65. The Bertz CT molecular complexity index is 483. The Kier molecular flexibility index (Phi) is 2.88. The van der Waals surface area contributed by atoms with Crippen LogP contribution in [0.3, 0.4) is 0 Å². The highest BCUT2D eigenvalue weighted by Crippen LogP contribution is 2.21. The third-order valence-electron chi connectivity index (χ3n) is 3.02. The standard InChI is InChI=1S/C13H16N2O2/c1-7-4-8(2)12(9(3)5-7)10-6-11(13(16)17)15-14-10/h4-5,11,15H,6H2,1-3H3,(H,16,17). The normalized spacial score (nSPS) is 18.8. The van der Waals surface area contributed by atoms with E-state index in [2.05, 4.69) is 29.6 Å². The fourth-order valence-electron chi connectivity index (χ4n) is 2.38. The summed E-state index contributed by atoms with van der Waals surface area (Å²) in [4.78, 5) is 10.9. The second-order valence-corrected chi connectivity index (χ2v) is 4.56. The summed E-state index contributed by atoms with van der Waals surface area (Å²) in [5.41, 5.74) is 8.09. The number of nitrogens with one attached hydrogen (secondary N) is 1. The quantitative estimate of drug-likeness (QED) is 0.816. The van der Waals surface area contributed by atoms with Crippen molar-refractivity contribution in [2.24, 2.45) is 5.10 Å². The summed E-state index contributed by atoms with van der Waals surface area (Å²) in [6.45, 7) is 6.12. The van der Waals surface area contributed by atoms with Crippen molar-refractivity contribution in [1.82, 2.24) is 5.43 Å². The monoisotopic (exact) mass is 232 g/mol. The van der Waals surface area contributed by atoms with Crippen molar-refractivity contribution in [2.45, 2.75) is 33.2 Å². The molecule has 1 heterocycles. The average molecular weight is 232 g/mol. The zero-order valence-corrected chi connectivity index (χ0v) is 10.2. The van der Waals surface area contributed by atoms with Crippen LogP contribution >= 0.6 is 0 Å². The Morgan fingerprint density at radius 1 is 1.35 bits per heavy atom. The number of carboxylic acid groups (broad SMARTS) is 1. The molecule has 2 rings (SSSR count). The zero-order valence-electron chi connectivity index (χ0n) is 10.2. The molecule has 0 spiro atoms. The summed E-state index contributed by atoms with van der Waals surface area (Å²) < 4.78 is 0. The van der Waals surface area contributed by atoms with E-state index in [4.69, 9.17) is 5.11 Å². The predicted octanol–water partition coefficient (Wildman–Crippen LogP) is 1.76. The van der Waals surface area contributed by atoms with E-state index in [0.29, 0.717) is 6.42 Å². The fraction of sp³-hybridized carbons (Fsp3) is 0.385. The summed E-state index contributed by atoms with van der Waals surface area (Å²) in [6.07, 6.45) is 0.445. The minimum absolute atomic E-state index is 0.445. The number of aliphatic carboxylic acids is 1. The van der Waals surface area contributed by atoms with Crippen LogP contribution in [0.25, 0.3) is 0 Å². The van der Waals surface area contributed by atoms with Gasteiger partial charge in [-0.1, -0.05) is 17.7 Å². The number of hydrazone groups is 1. The molecule has 4 nitrogen and oxygen atoms in total. The Balaban J connectivity index is 2.34. The second kappa shape index (κ2) is 4.20. The number of hydrogen-bond donors (Lipinski definition) is 2. The lowest BCUT2D eigenvalue weighted by Crippen LogP contribution is -2.29. The molecule has 4 heteroatoms. The maximum absolute atomic E-state index is 10.9. The van der Waals surface area contributed by atoms with Crippen LogP contribution in [0, 0.1) is 20.8 Å². The Hall–Kier alpha value is -1.84. The Labute approximate surface area is 100 Å². The molecule has 1 unspecified atom stereocenters. The first-order valence-electron chi connectivity index (χ1n) is 5.62. The molecule has 0 saturated carbocycles. The SMILES string of the molecule is Cc1cc(C)c(C2=NNC(C(=O)O)C2)c(C)c1. The summed E-state index contributed by atoms with van der Waals surface area (Å²) in [7, 11) is 0. The van der Waals surface area contributed by atoms with Gasteiger partial charge in [-0.2, -0.15) is 5.10 Å². The third kappa shape index (κ3) is 2.16. The topological polar surface area (TPSA) is 61.7 Å². The largest absolute Gasteiger partial charge is 0.480 e. The summed E-state index contributed by atoms with van der Waals surface area (Å²) in [5.74, 6) is -0.855. The van der Waals surface area contributed by atoms with Crippen molar-refractivity contribution < 1.29 is 9.90 Å². The van der Waals surface area contributed by atoms with Crippen LogP contribution < -0.4 is 5.43 Å². The van der Waals surface area contributed by atoms with Gasteiger partial charge in [0.25, 0.3) is 0 Å². The van der Waals surface area contributed by atoms with Crippen molar-refractivity contribution in [1.29, 1.82) is 0 Å². The molecule has 1 aliphatic rings. The molecular weight excluding hydrogens is 216 g/mol. The van der Waals surface area contributed by atoms with E-state index in [1.165, 1.54) is 5.56 Å². The van der Waals surface area contributed by atoms with E-state index in [-0.39, 0.29) is 0 Å². The van der Waals surface area contributed by atoms with Crippen LogP contribution in [0.2, 0.25) is 0 Å². The van der Waals surface area contributed by atoms with Gasteiger partial charge in [-0.3, -0.25) is 5.43 Å². The van der Waals surface area contributed by atoms with Gasteiger partial charge in [-0.25, -0.2) is 4.79 Å². The van der Waals surface area contributed by atoms with Gasteiger partial charge >= 0.3 is 5.97 Å². The molecule has 17 heavy (non-hydrogen) atoms. The van der Waals surface area contributed by atoms with Gasteiger partial charge in [0, 0.05) is 12.0 Å². The molecule has 90 valence electrons. The molecule has 1 aliphatic heterocycles. The van der Waals surface area contributed by atoms with Crippen molar-refractivity contribution in [3.63, 3.8) is 0 Å². The van der Waals surface area contributed by atoms with E-state index in [1.54, 1.807) is 0 Å². The summed E-state index contributed by atoms with van der Waals surface area (Å²) in [5, 5.41) is 13.1. The van der Waals surface area contributed by atoms with E-state index in [0.717, 1.165) is 22.4 Å². The molecule has 1 aromatic carbocycles. The van der Waals surface area contributed by atoms with Crippen molar-refractivity contribution in [3.05, 3.63) is 34.4 Å². The molecule has 0 amide bonds. The van der Waals surface area contributed by atoms with Gasteiger partial charge in [-0.05, 0) is 31.9 Å². The van der Waals surface area contributed by atoms with Gasteiger partial charge in [0.1, 0.15) is 6.04 Å². The molecular formula is C13H16N2O2. The number of rotatable bonds is 2. The smallest absolute Gasteiger partial charge is 0.328 e. The zero-order chi connectivity index (χ0) is 12.6. The molecule has 1 aromatic rings. The Morgan fingerprint density at radius 3 is 2.41 bits per heavy atom. The molecule has 0 bridgehead atoms. The van der Waals surface area contributed by atoms with Gasteiger partial charge < -0.3 is 5.11 Å². The van der Waals surface area contributed by atoms with E-state index in [1.807, 2.05) is 13.8 Å². The number of benzene rings is 1. The number of hydrogen-bond acceptors (Lipinski definition) is 3. The molecule has 0 aromatic heterocycles. The van der Waals surface area contributed by atoms with E-state index in [9.17, 15) is 4.79 Å². The van der Waals surface area contributed by atoms with Crippen LogP contribution in [-0.2, 0) is 4.79 Å². The van der Waals surface area contributed by atoms with Gasteiger partial charge in [-0.15, -0.1) is 0 Å². The maximum Gasteiger partial charge on any atom is 0.328 e. The van der Waals surface area contributed by atoms with Gasteiger partial charge in [0.05, 0.1) is 5.71 Å². The second-order valence-electron chi connectivity index (χ2n) is 4.56. The molecule has 0 fully saturated rings. The van der Waals surface area contributed by atoms with Crippen LogP contribution in [0.1, 0.15) is 28.7 Å². The molecule has 0 radical (unpaired) electrons. The highest BCUT2D eigenvalue weighted by atomic mass is 16.4. The van der Waals surface area contributed by atoms with Crippen LogP contribution in [-0.4, -0.2) is 22.8 Å². The van der Waals surface area contributed by atoms with Crippen LogP contribution in [0.15, 0.2) is 17.2 Å². The predicted molar refractivity (Wildman–Crippen MR) is 66.4 cm³/mol. The number of nitrogens with zero attached hydrogens (tertiary/aromatic N) is 1. The highest BCUT2D eigenvalue weighted by molar-refractivity contribution is 6.06. The minimum atomic E-state index is -0.855. The van der Waals surface area contributed by atoms with Crippen molar-refractivity contribution in [2.75, 3.05) is 0 Å². The number of aryl methyl sites for hydroxylation is 3. The summed E-state index contributed by atoms with van der Waals surface area (Å²) in [6, 6.07) is 3.60. The minimum Gasteiger partial charge on any atom is -0.480 e. The lowest BCUT2D eigenvalue weighted by Gasteiger charge is -2.10. The Morgan fingerprint density at radius 2 is 1.94 bits per heavy atom. The molecule has 0 aliphatic carbocycles. The first kappa shape index (κ1) is 11.6. The van der Waals surface area contributed by atoms with Gasteiger partial charge in [0.2, 0.25) is 0 Å². The molecule has 2 N–H and O–H groups in total. The maximum atomic E-state index is 10.9. The van der Waals surface area contributed by atoms with E-state index >= 15 is 0 Å². The summed E-state index contributed by atoms with van der Waals surface area (Å²) >= 11 is 0.